The summed E-state index contributed by atoms with van der Waals surface area (Å²) in [6, 6.07) is 5.80. The van der Waals surface area contributed by atoms with Crippen LogP contribution in [-0.2, 0) is 6.42 Å². The molecule has 1 heterocycles. The molecule has 0 atom stereocenters. The van der Waals surface area contributed by atoms with Crippen molar-refractivity contribution in [2.24, 2.45) is 5.73 Å². The van der Waals surface area contributed by atoms with E-state index < -0.39 is 0 Å². The Labute approximate surface area is 109 Å². The van der Waals surface area contributed by atoms with Gasteiger partial charge in [0.25, 0.3) is 0 Å². The Morgan fingerprint density at radius 1 is 1.41 bits per heavy atom. The van der Waals surface area contributed by atoms with E-state index in [1.807, 2.05) is 25.1 Å². The van der Waals surface area contributed by atoms with E-state index in [0.717, 1.165) is 32.8 Å². The number of anilines is 2. The lowest BCUT2D eigenvalue weighted by molar-refractivity contribution is 0.913. The third-order valence-electron chi connectivity index (χ3n) is 2.25. The fourth-order valence-electron chi connectivity index (χ4n) is 1.32. The lowest BCUT2D eigenvalue weighted by Crippen LogP contribution is -2.01. The van der Waals surface area contributed by atoms with Gasteiger partial charge >= 0.3 is 0 Å². The predicted octanol–water partition coefficient (Wildman–Crippen LogP) is 2.74. The van der Waals surface area contributed by atoms with Crippen LogP contribution in [0.4, 0.5) is 10.8 Å². The smallest absolute Gasteiger partial charge is 0.210 e. The summed E-state index contributed by atoms with van der Waals surface area (Å²) in [6.07, 6.45) is 0.758. The zero-order valence-electron chi connectivity index (χ0n) is 9.40. The van der Waals surface area contributed by atoms with Crippen molar-refractivity contribution in [1.29, 1.82) is 0 Å². The average molecular weight is 269 g/mol. The minimum Gasteiger partial charge on any atom is -0.330 e. The molecule has 0 unspecified atom stereocenters. The number of nitrogens with one attached hydrogen (secondary N) is 1. The summed E-state index contributed by atoms with van der Waals surface area (Å²) in [6.45, 7) is 2.56. The first kappa shape index (κ1) is 12.3. The lowest BCUT2D eigenvalue weighted by atomic mass is 10.2. The van der Waals surface area contributed by atoms with E-state index in [1.165, 1.54) is 11.3 Å². The molecule has 0 spiro atoms. The van der Waals surface area contributed by atoms with Gasteiger partial charge in [0, 0.05) is 17.1 Å². The van der Waals surface area contributed by atoms with Crippen LogP contribution in [0.3, 0.4) is 0 Å². The molecule has 17 heavy (non-hydrogen) atoms. The zero-order chi connectivity index (χ0) is 12.3. The summed E-state index contributed by atoms with van der Waals surface area (Å²) in [7, 11) is 0. The van der Waals surface area contributed by atoms with Gasteiger partial charge < -0.3 is 11.1 Å². The summed E-state index contributed by atoms with van der Waals surface area (Å²) >= 11 is 7.55. The standard InChI is InChI=1S/C11H13ClN4S/c1-7-2-3-8(6-9(7)12)14-11-16-15-10(17-11)4-5-13/h2-3,6H,4-5,13H2,1H3,(H,14,16). The van der Waals surface area contributed by atoms with Crippen LogP contribution in [0.1, 0.15) is 10.6 Å². The van der Waals surface area contributed by atoms with Gasteiger partial charge in [-0.1, -0.05) is 29.0 Å². The van der Waals surface area contributed by atoms with Gasteiger partial charge in [0.15, 0.2) is 0 Å². The van der Waals surface area contributed by atoms with Gasteiger partial charge in [-0.25, -0.2) is 0 Å². The number of aromatic nitrogens is 2. The van der Waals surface area contributed by atoms with Gasteiger partial charge in [0.1, 0.15) is 5.01 Å². The van der Waals surface area contributed by atoms with Crippen molar-refractivity contribution in [2.75, 3.05) is 11.9 Å². The van der Waals surface area contributed by atoms with Crippen LogP contribution in [0.2, 0.25) is 5.02 Å². The Bertz CT molecular complexity index is 512. The highest BCUT2D eigenvalue weighted by molar-refractivity contribution is 7.15. The van der Waals surface area contributed by atoms with Crippen LogP contribution in [0.15, 0.2) is 18.2 Å². The largest absolute Gasteiger partial charge is 0.330 e. The molecule has 3 N–H and O–H groups in total. The minimum absolute atomic E-state index is 0.588. The van der Waals surface area contributed by atoms with Crippen molar-refractivity contribution < 1.29 is 0 Å². The summed E-state index contributed by atoms with van der Waals surface area (Å²) in [4.78, 5) is 0. The van der Waals surface area contributed by atoms with Gasteiger partial charge in [-0.15, -0.1) is 10.2 Å². The Balaban J connectivity index is 2.11. The number of hydrogen-bond acceptors (Lipinski definition) is 5. The summed E-state index contributed by atoms with van der Waals surface area (Å²) < 4.78 is 0. The van der Waals surface area contributed by atoms with Crippen molar-refractivity contribution in [1.82, 2.24) is 10.2 Å². The number of hydrogen-bond donors (Lipinski definition) is 2. The fraction of sp³-hybridized carbons (Fsp3) is 0.273. The summed E-state index contributed by atoms with van der Waals surface area (Å²) in [5, 5.41) is 13.7. The lowest BCUT2D eigenvalue weighted by Gasteiger charge is -2.03. The Kier molecular flexibility index (Phi) is 3.93. The van der Waals surface area contributed by atoms with Gasteiger partial charge in [0.2, 0.25) is 5.13 Å². The van der Waals surface area contributed by atoms with E-state index in [0.29, 0.717) is 6.54 Å². The molecule has 0 amide bonds. The second-order valence-corrected chi connectivity index (χ2v) is 5.10. The van der Waals surface area contributed by atoms with Gasteiger partial charge in [-0.05, 0) is 31.2 Å². The first-order chi connectivity index (χ1) is 8.19. The molecule has 1 aromatic heterocycles. The normalized spacial score (nSPS) is 10.5. The van der Waals surface area contributed by atoms with Gasteiger partial charge in [-0.2, -0.15) is 0 Å². The highest BCUT2D eigenvalue weighted by Crippen LogP contribution is 2.24. The molecular weight excluding hydrogens is 256 g/mol. The zero-order valence-corrected chi connectivity index (χ0v) is 11.0. The monoisotopic (exact) mass is 268 g/mol. The molecular formula is C11H13ClN4S. The molecule has 0 saturated heterocycles. The molecule has 90 valence electrons. The molecule has 0 saturated carbocycles. The number of rotatable bonds is 4. The molecule has 1 aromatic carbocycles. The van der Waals surface area contributed by atoms with Crippen molar-refractivity contribution >= 4 is 33.8 Å². The third kappa shape index (κ3) is 3.15. The van der Waals surface area contributed by atoms with Crippen LogP contribution in [0, 0.1) is 6.92 Å². The number of nitrogens with zero attached hydrogens (tertiary/aromatic N) is 2. The summed E-state index contributed by atoms with van der Waals surface area (Å²) in [5.41, 5.74) is 7.43. The van der Waals surface area contributed by atoms with Crippen LogP contribution >= 0.6 is 22.9 Å². The van der Waals surface area contributed by atoms with Crippen LogP contribution in [0.5, 0.6) is 0 Å². The molecule has 0 aliphatic heterocycles. The molecule has 0 bridgehead atoms. The van der Waals surface area contributed by atoms with Crippen LogP contribution < -0.4 is 11.1 Å². The number of benzene rings is 1. The van der Waals surface area contributed by atoms with E-state index >= 15 is 0 Å². The van der Waals surface area contributed by atoms with E-state index in [4.69, 9.17) is 17.3 Å². The molecule has 4 nitrogen and oxygen atoms in total. The second-order valence-electron chi connectivity index (χ2n) is 3.63. The Hall–Kier alpha value is -1.17. The molecule has 0 fully saturated rings. The molecule has 6 heteroatoms. The van der Waals surface area contributed by atoms with Crippen molar-refractivity contribution in [3.05, 3.63) is 33.8 Å². The SMILES string of the molecule is Cc1ccc(Nc2nnc(CCN)s2)cc1Cl. The highest BCUT2D eigenvalue weighted by Gasteiger charge is 2.04. The Morgan fingerprint density at radius 3 is 2.94 bits per heavy atom. The maximum absolute atomic E-state index is 6.05. The summed E-state index contributed by atoms with van der Waals surface area (Å²) in [5.74, 6) is 0. The molecule has 0 aliphatic rings. The van der Waals surface area contributed by atoms with Crippen molar-refractivity contribution in [3.8, 4) is 0 Å². The van der Waals surface area contributed by atoms with Crippen LogP contribution in [0.25, 0.3) is 0 Å². The number of aryl methyl sites for hydroxylation is 1. The van der Waals surface area contributed by atoms with E-state index in [1.54, 1.807) is 0 Å². The third-order valence-corrected chi connectivity index (χ3v) is 3.55. The van der Waals surface area contributed by atoms with E-state index in [2.05, 4.69) is 15.5 Å². The van der Waals surface area contributed by atoms with Gasteiger partial charge in [0.05, 0.1) is 0 Å². The average Bonchev–Trinajstić information content (AvgIpc) is 2.72. The maximum Gasteiger partial charge on any atom is 0.210 e. The predicted molar refractivity (Wildman–Crippen MR) is 72.1 cm³/mol. The second kappa shape index (κ2) is 5.44. The molecule has 0 radical (unpaired) electrons. The molecule has 0 aliphatic carbocycles. The minimum atomic E-state index is 0.588. The van der Waals surface area contributed by atoms with E-state index in [-0.39, 0.29) is 0 Å². The van der Waals surface area contributed by atoms with Crippen LogP contribution in [-0.4, -0.2) is 16.7 Å². The van der Waals surface area contributed by atoms with Crippen molar-refractivity contribution in [3.63, 3.8) is 0 Å². The number of nitrogens with two attached hydrogens (primary N) is 1. The quantitative estimate of drug-likeness (QED) is 0.895. The highest BCUT2D eigenvalue weighted by atomic mass is 35.5. The first-order valence-corrected chi connectivity index (χ1v) is 6.44. The topological polar surface area (TPSA) is 63.8 Å². The number of halogens is 1. The Morgan fingerprint density at radius 2 is 2.24 bits per heavy atom. The molecule has 2 aromatic rings. The van der Waals surface area contributed by atoms with E-state index in [9.17, 15) is 0 Å². The van der Waals surface area contributed by atoms with Crippen molar-refractivity contribution in [2.45, 2.75) is 13.3 Å². The molecule has 2 rings (SSSR count). The fourth-order valence-corrected chi connectivity index (χ4v) is 2.28. The maximum atomic E-state index is 6.05. The van der Waals surface area contributed by atoms with Gasteiger partial charge in [-0.3, -0.25) is 0 Å². The first-order valence-electron chi connectivity index (χ1n) is 5.24.